The number of carbonyl (C=O) groups is 2. The third-order valence-corrected chi connectivity index (χ3v) is 2.59. The van der Waals surface area contributed by atoms with Crippen LogP contribution in [0.15, 0.2) is 18.2 Å². The van der Waals surface area contributed by atoms with Gasteiger partial charge >= 0.3 is 0 Å². The van der Waals surface area contributed by atoms with Gasteiger partial charge in [0.1, 0.15) is 0 Å². The first-order chi connectivity index (χ1) is 9.08. The van der Waals surface area contributed by atoms with E-state index in [0.29, 0.717) is 24.3 Å². The molecule has 19 heavy (non-hydrogen) atoms. The predicted molar refractivity (Wildman–Crippen MR) is 74.6 cm³/mol. The highest BCUT2D eigenvalue weighted by atomic mass is 16.2. The van der Waals surface area contributed by atoms with Gasteiger partial charge in [-0.15, -0.1) is 0 Å². The van der Waals surface area contributed by atoms with E-state index in [1.54, 1.807) is 12.1 Å². The lowest BCUT2D eigenvalue weighted by Gasteiger charge is -2.10. The molecule has 0 bridgehead atoms. The molecule has 0 aliphatic carbocycles. The molecule has 0 saturated carbocycles. The Kier molecular flexibility index (Phi) is 5.81. The van der Waals surface area contributed by atoms with Crippen molar-refractivity contribution in [2.45, 2.75) is 20.3 Å². The first kappa shape index (κ1) is 15.0. The Labute approximate surface area is 112 Å². The van der Waals surface area contributed by atoms with Gasteiger partial charge in [0.05, 0.1) is 11.3 Å². The summed E-state index contributed by atoms with van der Waals surface area (Å²) in [6.45, 7) is 4.63. The van der Waals surface area contributed by atoms with Crippen LogP contribution < -0.4 is 21.9 Å². The summed E-state index contributed by atoms with van der Waals surface area (Å²) in [7, 11) is 0. The summed E-state index contributed by atoms with van der Waals surface area (Å²) < 4.78 is 0. The van der Waals surface area contributed by atoms with Crippen LogP contribution in [0.25, 0.3) is 0 Å². The molecule has 0 saturated heterocycles. The molecule has 1 aromatic carbocycles. The summed E-state index contributed by atoms with van der Waals surface area (Å²) >= 11 is 0. The van der Waals surface area contributed by atoms with Crippen LogP contribution in [0.4, 0.5) is 5.69 Å². The van der Waals surface area contributed by atoms with Crippen molar-refractivity contribution in [1.82, 2.24) is 10.6 Å². The van der Waals surface area contributed by atoms with Crippen LogP contribution in [0.3, 0.4) is 0 Å². The van der Waals surface area contributed by atoms with E-state index in [1.807, 2.05) is 19.9 Å². The van der Waals surface area contributed by atoms with Crippen molar-refractivity contribution in [3.8, 4) is 0 Å². The van der Waals surface area contributed by atoms with Crippen LogP contribution in [0.5, 0.6) is 0 Å². The molecule has 2 amide bonds. The van der Waals surface area contributed by atoms with E-state index in [4.69, 9.17) is 5.84 Å². The standard InChI is InChI=1S/C13H20N4O2/c1-3-15-12(18)6-7-16-13(19)10-8-9(2)4-5-11(10)17-14/h4-5,8,17H,3,6-7,14H2,1-2H3,(H,15,18)(H,16,19). The average molecular weight is 264 g/mol. The Morgan fingerprint density at radius 3 is 2.63 bits per heavy atom. The lowest BCUT2D eigenvalue weighted by Crippen LogP contribution is -2.31. The monoisotopic (exact) mass is 264 g/mol. The number of nitrogens with one attached hydrogen (secondary N) is 3. The number of nitrogens with two attached hydrogens (primary N) is 1. The molecule has 0 heterocycles. The SMILES string of the molecule is CCNC(=O)CCNC(=O)c1cc(C)ccc1NN. The quantitative estimate of drug-likeness (QED) is 0.445. The number of rotatable bonds is 6. The minimum absolute atomic E-state index is 0.0794. The van der Waals surface area contributed by atoms with Crippen LogP contribution in [0, 0.1) is 6.92 Å². The van der Waals surface area contributed by atoms with E-state index in [1.165, 1.54) is 0 Å². The minimum Gasteiger partial charge on any atom is -0.356 e. The first-order valence-corrected chi connectivity index (χ1v) is 6.20. The minimum atomic E-state index is -0.249. The molecule has 0 aromatic heterocycles. The number of hydrogen-bond donors (Lipinski definition) is 4. The molecule has 6 heteroatoms. The van der Waals surface area contributed by atoms with Crippen LogP contribution in [0.1, 0.15) is 29.3 Å². The Balaban J connectivity index is 2.58. The third-order valence-electron chi connectivity index (χ3n) is 2.59. The molecule has 1 aromatic rings. The fraction of sp³-hybridized carbons (Fsp3) is 0.385. The summed E-state index contributed by atoms with van der Waals surface area (Å²) in [4.78, 5) is 23.2. The van der Waals surface area contributed by atoms with Gasteiger partial charge in [0, 0.05) is 19.5 Å². The highest BCUT2D eigenvalue weighted by Gasteiger charge is 2.11. The number of amides is 2. The molecule has 104 valence electrons. The van der Waals surface area contributed by atoms with Crippen molar-refractivity contribution >= 4 is 17.5 Å². The first-order valence-electron chi connectivity index (χ1n) is 6.20. The molecule has 6 nitrogen and oxygen atoms in total. The zero-order valence-corrected chi connectivity index (χ0v) is 11.2. The second kappa shape index (κ2) is 7.38. The maximum absolute atomic E-state index is 12.0. The molecule has 0 fully saturated rings. The number of carbonyl (C=O) groups excluding carboxylic acids is 2. The lowest BCUT2D eigenvalue weighted by atomic mass is 10.1. The largest absolute Gasteiger partial charge is 0.356 e. The number of anilines is 1. The topological polar surface area (TPSA) is 96.2 Å². The van der Waals surface area contributed by atoms with E-state index in [-0.39, 0.29) is 18.2 Å². The van der Waals surface area contributed by atoms with E-state index in [9.17, 15) is 9.59 Å². The Bertz CT molecular complexity index is 460. The van der Waals surface area contributed by atoms with Gasteiger partial charge in [-0.05, 0) is 26.0 Å². The second-order valence-corrected chi connectivity index (χ2v) is 4.15. The number of hydrazine groups is 1. The molecule has 0 aliphatic rings. The van der Waals surface area contributed by atoms with Crippen LogP contribution >= 0.6 is 0 Å². The Morgan fingerprint density at radius 1 is 1.26 bits per heavy atom. The maximum Gasteiger partial charge on any atom is 0.253 e. The van der Waals surface area contributed by atoms with Gasteiger partial charge in [-0.2, -0.15) is 0 Å². The molecule has 5 N–H and O–H groups in total. The zero-order valence-electron chi connectivity index (χ0n) is 11.2. The number of nitrogen functional groups attached to an aromatic ring is 1. The van der Waals surface area contributed by atoms with Crippen molar-refractivity contribution < 1.29 is 9.59 Å². The van der Waals surface area contributed by atoms with Crippen molar-refractivity contribution in [2.75, 3.05) is 18.5 Å². The number of benzene rings is 1. The summed E-state index contributed by atoms with van der Waals surface area (Å²) in [5.41, 5.74) is 4.48. The molecule has 0 spiro atoms. The maximum atomic E-state index is 12.0. The van der Waals surface area contributed by atoms with Gasteiger partial charge in [-0.3, -0.25) is 15.4 Å². The predicted octanol–water partition coefficient (Wildman–Crippen LogP) is 0.537. The van der Waals surface area contributed by atoms with Crippen LogP contribution in [-0.2, 0) is 4.79 Å². The molecule has 0 aliphatic heterocycles. The summed E-state index contributed by atoms with van der Waals surface area (Å²) in [6.07, 6.45) is 0.261. The molecular formula is C13H20N4O2. The smallest absolute Gasteiger partial charge is 0.253 e. The molecule has 0 atom stereocenters. The van der Waals surface area contributed by atoms with Gasteiger partial charge in [0.25, 0.3) is 5.91 Å². The normalized spacial score (nSPS) is 9.84. The fourth-order valence-electron chi connectivity index (χ4n) is 1.64. The Morgan fingerprint density at radius 2 is 2.00 bits per heavy atom. The van der Waals surface area contributed by atoms with Crippen molar-refractivity contribution in [2.24, 2.45) is 5.84 Å². The van der Waals surface area contributed by atoms with Crippen molar-refractivity contribution in [3.63, 3.8) is 0 Å². The van der Waals surface area contributed by atoms with Crippen molar-refractivity contribution in [1.29, 1.82) is 0 Å². The van der Waals surface area contributed by atoms with Gasteiger partial charge < -0.3 is 16.1 Å². The van der Waals surface area contributed by atoms with E-state index in [2.05, 4.69) is 16.1 Å². The molecule has 0 unspecified atom stereocenters. The van der Waals surface area contributed by atoms with E-state index < -0.39 is 0 Å². The van der Waals surface area contributed by atoms with E-state index >= 15 is 0 Å². The number of aryl methyl sites for hydroxylation is 1. The van der Waals surface area contributed by atoms with Crippen LogP contribution in [0.2, 0.25) is 0 Å². The van der Waals surface area contributed by atoms with Gasteiger partial charge in [-0.1, -0.05) is 11.6 Å². The number of hydrogen-bond acceptors (Lipinski definition) is 4. The summed E-state index contributed by atoms with van der Waals surface area (Å²) in [5, 5.41) is 5.36. The highest BCUT2D eigenvalue weighted by molar-refractivity contribution is 5.99. The molecule has 1 rings (SSSR count). The van der Waals surface area contributed by atoms with Gasteiger partial charge in [0.15, 0.2) is 0 Å². The average Bonchev–Trinajstić information content (AvgIpc) is 2.38. The fourth-order valence-corrected chi connectivity index (χ4v) is 1.64. The molecular weight excluding hydrogens is 244 g/mol. The lowest BCUT2D eigenvalue weighted by molar-refractivity contribution is -0.120. The second-order valence-electron chi connectivity index (χ2n) is 4.15. The highest BCUT2D eigenvalue weighted by Crippen LogP contribution is 2.15. The Hall–Kier alpha value is -2.08. The van der Waals surface area contributed by atoms with Gasteiger partial charge in [0.2, 0.25) is 5.91 Å². The summed E-state index contributed by atoms with van der Waals surface area (Å²) in [5.74, 6) is 5.03. The van der Waals surface area contributed by atoms with Gasteiger partial charge in [-0.25, -0.2) is 0 Å². The van der Waals surface area contributed by atoms with E-state index in [0.717, 1.165) is 5.56 Å². The van der Waals surface area contributed by atoms with Crippen molar-refractivity contribution in [3.05, 3.63) is 29.3 Å². The zero-order chi connectivity index (χ0) is 14.3. The molecule has 0 radical (unpaired) electrons. The third kappa shape index (κ3) is 4.59. The van der Waals surface area contributed by atoms with Crippen LogP contribution in [-0.4, -0.2) is 24.9 Å². The summed E-state index contributed by atoms with van der Waals surface area (Å²) in [6, 6.07) is 5.35.